The molecule has 1 fully saturated rings. The maximum Gasteiger partial charge on any atom is 0.262 e. The Morgan fingerprint density at radius 3 is 2.69 bits per heavy atom. The van der Waals surface area contributed by atoms with Crippen LogP contribution < -0.4 is 15.4 Å². The minimum Gasteiger partial charge on any atom is -0.326 e. The number of rotatable bonds is 5. The number of carbonyl (C=O) groups is 1. The lowest BCUT2D eigenvalue weighted by atomic mass is 10.1. The summed E-state index contributed by atoms with van der Waals surface area (Å²) in [5, 5.41) is 6.25. The zero-order valence-corrected chi connectivity index (χ0v) is 15.8. The number of para-hydroxylation sites is 1. The van der Waals surface area contributed by atoms with Crippen LogP contribution in [0.2, 0.25) is 5.02 Å². The van der Waals surface area contributed by atoms with Crippen molar-refractivity contribution >= 4 is 38.9 Å². The number of anilines is 2. The molecule has 1 heterocycles. The Morgan fingerprint density at radius 2 is 2.00 bits per heavy atom. The molecule has 0 radical (unpaired) electrons. The predicted octanol–water partition coefficient (Wildman–Crippen LogP) is 3.00. The van der Waals surface area contributed by atoms with Crippen molar-refractivity contribution < 1.29 is 13.2 Å². The summed E-state index contributed by atoms with van der Waals surface area (Å²) in [4.78, 5) is 12.4. The molecule has 2 aromatic carbocycles. The molecule has 2 aromatic rings. The third-order valence-electron chi connectivity index (χ3n) is 4.29. The molecule has 0 saturated carbocycles. The number of aryl methyl sites for hydroxylation is 1. The van der Waals surface area contributed by atoms with Crippen LogP contribution in [0.4, 0.5) is 11.4 Å². The molecule has 8 heteroatoms. The number of sulfonamides is 1. The van der Waals surface area contributed by atoms with Gasteiger partial charge in [-0.3, -0.25) is 9.52 Å². The largest absolute Gasteiger partial charge is 0.326 e. The normalized spacial score (nSPS) is 17.1. The molecular formula is C18H20ClN3O3S. The third kappa shape index (κ3) is 4.17. The molecule has 3 N–H and O–H groups in total. The highest BCUT2D eigenvalue weighted by Gasteiger charge is 2.23. The molecule has 0 aliphatic carbocycles. The second kappa shape index (κ2) is 7.65. The lowest BCUT2D eigenvalue weighted by Gasteiger charge is -2.14. The first-order valence-electron chi connectivity index (χ1n) is 8.26. The van der Waals surface area contributed by atoms with E-state index in [4.69, 9.17) is 11.6 Å². The van der Waals surface area contributed by atoms with Gasteiger partial charge in [0.05, 0.1) is 21.5 Å². The van der Waals surface area contributed by atoms with Gasteiger partial charge in [0.2, 0.25) is 5.91 Å². The molecule has 1 aliphatic heterocycles. The summed E-state index contributed by atoms with van der Waals surface area (Å²) in [5.74, 6) is -0.209. The molecule has 26 heavy (non-hydrogen) atoms. The van der Waals surface area contributed by atoms with E-state index >= 15 is 0 Å². The third-order valence-corrected chi connectivity index (χ3v) is 6.13. The van der Waals surface area contributed by atoms with Crippen LogP contribution in [-0.4, -0.2) is 27.4 Å². The average molecular weight is 394 g/mol. The van der Waals surface area contributed by atoms with Crippen molar-refractivity contribution in [3.05, 3.63) is 53.1 Å². The van der Waals surface area contributed by atoms with Crippen molar-refractivity contribution in [3.63, 3.8) is 0 Å². The minimum atomic E-state index is -3.84. The summed E-state index contributed by atoms with van der Waals surface area (Å²) in [6.45, 7) is 3.15. The van der Waals surface area contributed by atoms with E-state index in [1.54, 1.807) is 43.3 Å². The lowest BCUT2D eigenvalue weighted by molar-refractivity contribution is -0.119. The second-order valence-electron chi connectivity index (χ2n) is 6.24. The van der Waals surface area contributed by atoms with Crippen molar-refractivity contribution in [1.82, 2.24) is 5.32 Å². The number of carbonyl (C=O) groups excluding carboxylic acids is 1. The maximum absolute atomic E-state index is 12.8. The molecule has 138 valence electrons. The van der Waals surface area contributed by atoms with E-state index in [0.29, 0.717) is 28.5 Å². The molecule has 1 amide bonds. The first kappa shape index (κ1) is 18.7. The first-order valence-corrected chi connectivity index (χ1v) is 10.1. The second-order valence-corrected chi connectivity index (χ2v) is 8.30. The zero-order chi connectivity index (χ0) is 18.7. The fourth-order valence-electron chi connectivity index (χ4n) is 2.83. The van der Waals surface area contributed by atoms with Gasteiger partial charge in [-0.25, -0.2) is 8.42 Å². The van der Waals surface area contributed by atoms with E-state index in [9.17, 15) is 13.2 Å². The molecular weight excluding hydrogens is 374 g/mol. The van der Waals surface area contributed by atoms with Gasteiger partial charge in [0.25, 0.3) is 10.0 Å². The number of halogens is 1. The average Bonchev–Trinajstić information content (AvgIpc) is 3.13. The Kier molecular flexibility index (Phi) is 5.50. The van der Waals surface area contributed by atoms with Crippen LogP contribution in [0.1, 0.15) is 12.0 Å². The summed E-state index contributed by atoms with van der Waals surface area (Å²) in [5.41, 5.74) is 1.33. The van der Waals surface area contributed by atoms with E-state index < -0.39 is 10.0 Å². The summed E-state index contributed by atoms with van der Waals surface area (Å²) >= 11 is 6.04. The van der Waals surface area contributed by atoms with Crippen molar-refractivity contribution in [2.45, 2.75) is 18.2 Å². The van der Waals surface area contributed by atoms with Gasteiger partial charge in [-0.1, -0.05) is 29.8 Å². The predicted molar refractivity (Wildman–Crippen MR) is 103 cm³/mol. The summed E-state index contributed by atoms with van der Waals surface area (Å²) in [7, 11) is -3.84. The molecule has 0 aromatic heterocycles. The van der Waals surface area contributed by atoms with E-state index in [0.717, 1.165) is 13.0 Å². The topological polar surface area (TPSA) is 87.3 Å². The lowest BCUT2D eigenvalue weighted by Crippen LogP contribution is -2.25. The number of nitrogens with one attached hydrogen (secondary N) is 3. The highest BCUT2D eigenvalue weighted by molar-refractivity contribution is 7.92. The van der Waals surface area contributed by atoms with Crippen molar-refractivity contribution in [3.8, 4) is 0 Å². The molecule has 6 nitrogen and oxygen atoms in total. The van der Waals surface area contributed by atoms with E-state index in [2.05, 4.69) is 15.4 Å². The molecule has 3 rings (SSSR count). The van der Waals surface area contributed by atoms with Gasteiger partial charge in [0, 0.05) is 12.2 Å². The highest BCUT2D eigenvalue weighted by atomic mass is 35.5. The van der Waals surface area contributed by atoms with Gasteiger partial charge < -0.3 is 10.6 Å². The summed E-state index contributed by atoms with van der Waals surface area (Å²) < 4.78 is 28.0. The van der Waals surface area contributed by atoms with E-state index in [1.165, 1.54) is 6.07 Å². The summed E-state index contributed by atoms with van der Waals surface area (Å²) in [6, 6.07) is 11.5. The van der Waals surface area contributed by atoms with E-state index in [-0.39, 0.29) is 16.7 Å². The molecule has 1 saturated heterocycles. The van der Waals surface area contributed by atoms with Gasteiger partial charge in [-0.05, 0) is 49.7 Å². The fourth-order valence-corrected chi connectivity index (χ4v) is 4.42. The standard InChI is InChI=1S/C18H20ClN3O3S/c1-12-6-7-14(21-18(23)13-8-9-20-11-13)10-17(12)26(24,25)22-16-5-3-2-4-15(16)19/h2-7,10,13,20,22H,8-9,11H2,1H3,(H,21,23). The Morgan fingerprint density at radius 1 is 1.23 bits per heavy atom. The minimum absolute atomic E-state index is 0.0970. The number of amides is 1. The number of hydrogen-bond acceptors (Lipinski definition) is 4. The van der Waals surface area contributed by atoms with Crippen LogP contribution in [0.15, 0.2) is 47.4 Å². The Labute approximate surface area is 158 Å². The van der Waals surface area contributed by atoms with Crippen LogP contribution in [0.25, 0.3) is 0 Å². The molecule has 0 spiro atoms. The van der Waals surface area contributed by atoms with Crippen LogP contribution in [-0.2, 0) is 14.8 Å². The molecule has 0 bridgehead atoms. The quantitative estimate of drug-likeness (QED) is 0.728. The van der Waals surface area contributed by atoms with Crippen molar-refractivity contribution in [1.29, 1.82) is 0 Å². The molecule has 1 atom stereocenters. The van der Waals surface area contributed by atoms with Crippen LogP contribution in [0.3, 0.4) is 0 Å². The maximum atomic E-state index is 12.8. The smallest absolute Gasteiger partial charge is 0.262 e. The monoisotopic (exact) mass is 393 g/mol. The Hall–Kier alpha value is -2.09. The van der Waals surface area contributed by atoms with E-state index in [1.807, 2.05) is 0 Å². The SMILES string of the molecule is Cc1ccc(NC(=O)C2CCNC2)cc1S(=O)(=O)Nc1ccccc1Cl. The molecule has 1 aliphatic rings. The van der Waals surface area contributed by atoms with Gasteiger partial charge in [0.1, 0.15) is 0 Å². The van der Waals surface area contributed by atoms with Crippen molar-refractivity contribution in [2.75, 3.05) is 23.1 Å². The van der Waals surface area contributed by atoms with Gasteiger partial charge in [-0.2, -0.15) is 0 Å². The Balaban J connectivity index is 1.84. The van der Waals surface area contributed by atoms with Gasteiger partial charge in [0.15, 0.2) is 0 Å². The van der Waals surface area contributed by atoms with Crippen LogP contribution in [0.5, 0.6) is 0 Å². The van der Waals surface area contributed by atoms with Gasteiger partial charge >= 0.3 is 0 Å². The van der Waals surface area contributed by atoms with Crippen LogP contribution in [0, 0.1) is 12.8 Å². The summed E-state index contributed by atoms with van der Waals surface area (Å²) in [6.07, 6.45) is 0.775. The van der Waals surface area contributed by atoms with Crippen LogP contribution >= 0.6 is 11.6 Å². The Bertz CT molecular complexity index is 925. The number of benzene rings is 2. The van der Waals surface area contributed by atoms with Gasteiger partial charge in [-0.15, -0.1) is 0 Å². The molecule has 1 unspecified atom stereocenters. The zero-order valence-electron chi connectivity index (χ0n) is 14.3. The highest BCUT2D eigenvalue weighted by Crippen LogP contribution is 2.27. The number of hydrogen-bond donors (Lipinski definition) is 3. The first-order chi connectivity index (χ1) is 12.4. The fraction of sp³-hybridized carbons (Fsp3) is 0.278. The van der Waals surface area contributed by atoms with Crippen molar-refractivity contribution in [2.24, 2.45) is 5.92 Å².